The first-order valence-corrected chi connectivity index (χ1v) is 5.30. The van der Waals surface area contributed by atoms with E-state index < -0.39 is 0 Å². The molecule has 0 aliphatic heterocycles. The summed E-state index contributed by atoms with van der Waals surface area (Å²) in [4.78, 5) is 13.1. The van der Waals surface area contributed by atoms with Gasteiger partial charge in [0.25, 0.3) is 0 Å². The van der Waals surface area contributed by atoms with Crippen LogP contribution >= 0.6 is 0 Å². The summed E-state index contributed by atoms with van der Waals surface area (Å²) in [5.41, 5.74) is 0. The Labute approximate surface area is 82.3 Å². The van der Waals surface area contributed by atoms with E-state index in [1.165, 1.54) is 25.7 Å². The fourth-order valence-electron chi connectivity index (χ4n) is 1.44. The quantitative estimate of drug-likeness (QED) is 0.583. The Morgan fingerprint density at radius 3 is 2.31 bits per heavy atom. The molecule has 0 N–H and O–H groups in total. The molecule has 0 aliphatic carbocycles. The molecule has 0 radical (unpaired) electrons. The van der Waals surface area contributed by atoms with Crippen LogP contribution in [0.4, 0.5) is 0 Å². The molecule has 0 rings (SSSR count). The average Bonchev–Trinajstić information content (AvgIpc) is 2.10. The molecule has 1 unspecified atom stereocenters. The number of nitrogens with zero attached hydrogens (tertiary/aromatic N) is 1. The highest BCUT2D eigenvalue weighted by molar-refractivity contribution is 5.77. The van der Waals surface area contributed by atoms with Crippen molar-refractivity contribution in [3.8, 4) is 0 Å². The van der Waals surface area contributed by atoms with Gasteiger partial charge >= 0.3 is 0 Å². The van der Waals surface area contributed by atoms with E-state index in [2.05, 4.69) is 6.92 Å². The van der Waals surface area contributed by atoms with Crippen molar-refractivity contribution in [1.82, 2.24) is 4.90 Å². The van der Waals surface area contributed by atoms with Crippen molar-refractivity contribution in [2.24, 2.45) is 5.92 Å². The van der Waals surface area contributed by atoms with E-state index in [9.17, 15) is 4.79 Å². The molecule has 0 bridgehead atoms. The number of amides is 1. The van der Waals surface area contributed by atoms with Crippen LogP contribution in [0.2, 0.25) is 0 Å². The Hall–Kier alpha value is -0.530. The van der Waals surface area contributed by atoms with Crippen molar-refractivity contribution in [2.75, 3.05) is 14.1 Å². The number of hydrogen-bond acceptors (Lipinski definition) is 1. The summed E-state index contributed by atoms with van der Waals surface area (Å²) in [6.07, 6.45) is 6.05. The summed E-state index contributed by atoms with van der Waals surface area (Å²) in [5.74, 6) is 0.461. The van der Waals surface area contributed by atoms with Crippen LogP contribution in [0.1, 0.15) is 46.0 Å². The van der Waals surface area contributed by atoms with Gasteiger partial charge in [-0.05, 0) is 6.42 Å². The van der Waals surface area contributed by atoms with Crippen LogP contribution < -0.4 is 0 Å². The maximum atomic E-state index is 11.4. The predicted molar refractivity (Wildman–Crippen MR) is 56.6 cm³/mol. The summed E-state index contributed by atoms with van der Waals surface area (Å²) < 4.78 is 0. The zero-order valence-electron chi connectivity index (χ0n) is 9.47. The Morgan fingerprint density at radius 1 is 1.23 bits per heavy atom. The summed E-state index contributed by atoms with van der Waals surface area (Å²) in [6.45, 7) is 4.22. The largest absolute Gasteiger partial charge is 0.349 e. The first kappa shape index (κ1) is 12.5. The molecular formula is C11H23NO. The molecule has 0 aromatic rings. The molecule has 0 heterocycles. The minimum absolute atomic E-state index is 0.201. The van der Waals surface area contributed by atoms with Crippen LogP contribution in [0.3, 0.4) is 0 Å². The molecule has 1 amide bonds. The van der Waals surface area contributed by atoms with E-state index in [4.69, 9.17) is 0 Å². The molecule has 0 aliphatic rings. The molecule has 0 aromatic heterocycles. The predicted octanol–water partition coefficient (Wildman–Crippen LogP) is 2.68. The minimum Gasteiger partial charge on any atom is -0.349 e. The molecule has 1 atom stereocenters. The highest BCUT2D eigenvalue weighted by Gasteiger charge is 2.13. The number of unbranched alkanes of at least 4 members (excludes halogenated alkanes) is 3. The third-order valence-electron chi connectivity index (χ3n) is 2.35. The van der Waals surface area contributed by atoms with Crippen molar-refractivity contribution in [2.45, 2.75) is 46.0 Å². The SMILES string of the molecule is CCCCCCC(C)C(=O)N(C)C. The zero-order valence-corrected chi connectivity index (χ0v) is 9.47. The van der Waals surface area contributed by atoms with Gasteiger partial charge in [-0.15, -0.1) is 0 Å². The van der Waals surface area contributed by atoms with Crippen molar-refractivity contribution >= 4 is 5.91 Å². The molecule has 78 valence electrons. The second-order valence-corrected chi connectivity index (χ2v) is 3.98. The van der Waals surface area contributed by atoms with Crippen molar-refractivity contribution in [3.63, 3.8) is 0 Å². The number of carbonyl (C=O) groups excluding carboxylic acids is 1. The minimum atomic E-state index is 0.201. The number of hydrogen-bond donors (Lipinski definition) is 0. The normalized spacial score (nSPS) is 12.6. The average molecular weight is 185 g/mol. The second kappa shape index (κ2) is 6.93. The lowest BCUT2D eigenvalue weighted by molar-refractivity contribution is -0.132. The molecule has 13 heavy (non-hydrogen) atoms. The van der Waals surface area contributed by atoms with E-state index in [0.717, 1.165) is 6.42 Å². The highest BCUT2D eigenvalue weighted by atomic mass is 16.2. The highest BCUT2D eigenvalue weighted by Crippen LogP contribution is 2.11. The van der Waals surface area contributed by atoms with E-state index in [1.54, 1.807) is 4.90 Å². The molecule has 0 saturated heterocycles. The van der Waals surface area contributed by atoms with Gasteiger partial charge < -0.3 is 4.90 Å². The van der Waals surface area contributed by atoms with Crippen LogP contribution in [0.15, 0.2) is 0 Å². The van der Waals surface area contributed by atoms with Gasteiger partial charge in [-0.2, -0.15) is 0 Å². The van der Waals surface area contributed by atoms with E-state index in [0.29, 0.717) is 0 Å². The standard InChI is InChI=1S/C11H23NO/c1-5-6-7-8-9-10(2)11(13)12(3)4/h10H,5-9H2,1-4H3. The van der Waals surface area contributed by atoms with Gasteiger partial charge in [-0.3, -0.25) is 4.79 Å². The van der Waals surface area contributed by atoms with Gasteiger partial charge in [-0.1, -0.05) is 39.5 Å². The van der Waals surface area contributed by atoms with E-state index >= 15 is 0 Å². The topological polar surface area (TPSA) is 20.3 Å². The third kappa shape index (κ3) is 5.67. The molecule has 2 heteroatoms. The van der Waals surface area contributed by atoms with E-state index in [1.807, 2.05) is 21.0 Å². The van der Waals surface area contributed by atoms with Gasteiger partial charge in [0, 0.05) is 20.0 Å². The Kier molecular flexibility index (Phi) is 6.65. The van der Waals surface area contributed by atoms with Crippen LogP contribution in [0.5, 0.6) is 0 Å². The lowest BCUT2D eigenvalue weighted by Crippen LogP contribution is -2.27. The summed E-state index contributed by atoms with van der Waals surface area (Å²) >= 11 is 0. The number of rotatable bonds is 6. The molecule has 0 fully saturated rings. The van der Waals surface area contributed by atoms with Crippen LogP contribution in [-0.2, 0) is 4.79 Å². The first-order chi connectivity index (χ1) is 6.09. The number of carbonyl (C=O) groups is 1. The molecule has 0 saturated carbocycles. The fourth-order valence-corrected chi connectivity index (χ4v) is 1.44. The van der Waals surface area contributed by atoms with Gasteiger partial charge in [0.1, 0.15) is 0 Å². The summed E-state index contributed by atoms with van der Waals surface area (Å²) in [6, 6.07) is 0. The van der Waals surface area contributed by atoms with Crippen molar-refractivity contribution in [1.29, 1.82) is 0 Å². The maximum Gasteiger partial charge on any atom is 0.224 e. The lowest BCUT2D eigenvalue weighted by atomic mass is 10.0. The monoisotopic (exact) mass is 185 g/mol. The molecule has 2 nitrogen and oxygen atoms in total. The van der Waals surface area contributed by atoms with Gasteiger partial charge in [0.05, 0.1) is 0 Å². The zero-order chi connectivity index (χ0) is 10.3. The molecule has 0 aromatic carbocycles. The summed E-state index contributed by atoms with van der Waals surface area (Å²) in [5, 5.41) is 0. The second-order valence-electron chi connectivity index (χ2n) is 3.98. The first-order valence-electron chi connectivity index (χ1n) is 5.30. The van der Waals surface area contributed by atoms with Gasteiger partial charge in [-0.25, -0.2) is 0 Å². The fraction of sp³-hybridized carbons (Fsp3) is 0.909. The van der Waals surface area contributed by atoms with Gasteiger partial charge in [0.15, 0.2) is 0 Å². The van der Waals surface area contributed by atoms with Crippen LogP contribution in [0.25, 0.3) is 0 Å². The van der Waals surface area contributed by atoms with Crippen molar-refractivity contribution in [3.05, 3.63) is 0 Å². The maximum absolute atomic E-state index is 11.4. The Bertz CT molecular complexity index is 143. The smallest absolute Gasteiger partial charge is 0.224 e. The van der Waals surface area contributed by atoms with Gasteiger partial charge in [0.2, 0.25) is 5.91 Å². The Morgan fingerprint density at radius 2 is 1.85 bits per heavy atom. The summed E-state index contributed by atoms with van der Waals surface area (Å²) in [7, 11) is 3.65. The Balaban J connectivity index is 3.50. The van der Waals surface area contributed by atoms with E-state index in [-0.39, 0.29) is 11.8 Å². The molecular weight excluding hydrogens is 162 g/mol. The lowest BCUT2D eigenvalue weighted by Gasteiger charge is -2.16. The van der Waals surface area contributed by atoms with Crippen molar-refractivity contribution < 1.29 is 4.79 Å². The molecule has 0 spiro atoms. The van der Waals surface area contributed by atoms with Crippen LogP contribution in [0, 0.1) is 5.92 Å². The van der Waals surface area contributed by atoms with Crippen LogP contribution in [-0.4, -0.2) is 24.9 Å². The third-order valence-corrected chi connectivity index (χ3v) is 2.35.